The molecule has 1 aliphatic heterocycles. The number of hydrogen-bond donors (Lipinski definition) is 1. The summed E-state index contributed by atoms with van der Waals surface area (Å²) < 4.78 is 35.3. The lowest BCUT2D eigenvalue weighted by Crippen LogP contribution is -2.47. The summed E-state index contributed by atoms with van der Waals surface area (Å²) in [6.45, 7) is 2.05. The van der Waals surface area contributed by atoms with Crippen LogP contribution in [0.1, 0.15) is 5.56 Å². The van der Waals surface area contributed by atoms with Gasteiger partial charge in [0.15, 0.2) is 0 Å². The van der Waals surface area contributed by atoms with Crippen molar-refractivity contribution in [3.63, 3.8) is 0 Å². The molecule has 124 valence electrons. The first-order valence-electron chi connectivity index (χ1n) is 7.56. The minimum atomic E-state index is -3.42. The number of rotatable bonds is 6. The van der Waals surface area contributed by atoms with Gasteiger partial charge in [0, 0.05) is 25.8 Å². The van der Waals surface area contributed by atoms with Crippen molar-refractivity contribution < 1.29 is 13.2 Å². The molecule has 23 heavy (non-hydrogen) atoms. The zero-order valence-electron chi connectivity index (χ0n) is 12.8. The highest BCUT2D eigenvalue weighted by Crippen LogP contribution is 2.08. The molecule has 7 nitrogen and oxygen atoms in total. The van der Waals surface area contributed by atoms with Crippen molar-refractivity contribution in [1.82, 2.24) is 18.8 Å². The molecule has 0 saturated carbocycles. The highest BCUT2D eigenvalue weighted by molar-refractivity contribution is 7.87. The van der Waals surface area contributed by atoms with E-state index in [2.05, 4.69) is 9.82 Å². The van der Waals surface area contributed by atoms with E-state index in [0.717, 1.165) is 11.3 Å². The predicted molar refractivity (Wildman–Crippen MR) is 86.6 cm³/mol. The number of benzene rings is 1. The molecule has 1 aromatic carbocycles. The van der Waals surface area contributed by atoms with Gasteiger partial charge in [-0.2, -0.15) is 17.8 Å². The fourth-order valence-corrected chi connectivity index (χ4v) is 3.59. The van der Waals surface area contributed by atoms with Crippen LogP contribution in [0.2, 0.25) is 0 Å². The summed E-state index contributed by atoms with van der Waals surface area (Å²) in [6.07, 6.45) is 4.27. The second-order valence-corrected chi connectivity index (χ2v) is 7.04. The fourth-order valence-electron chi connectivity index (χ4n) is 2.41. The Morgan fingerprint density at radius 2 is 1.91 bits per heavy atom. The zero-order chi connectivity index (χ0) is 16.1. The lowest BCUT2D eigenvalue weighted by atomic mass is 10.2. The number of hydrogen-bond acceptors (Lipinski definition) is 4. The molecule has 0 amide bonds. The molecule has 1 aliphatic rings. The summed E-state index contributed by atoms with van der Waals surface area (Å²) in [5.74, 6) is 0. The fraction of sp³-hybridized carbons (Fsp3) is 0.400. The molecule has 1 saturated heterocycles. The Balaban J connectivity index is 1.54. The van der Waals surface area contributed by atoms with Crippen molar-refractivity contribution in [1.29, 1.82) is 0 Å². The molecule has 0 aliphatic carbocycles. The molecule has 0 radical (unpaired) electrons. The first-order chi connectivity index (χ1) is 11.1. The summed E-state index contributed by atoms with van der Waals surface area (Å²) in [4.78, 5) is 0. The minimum Gasteiger partial charge on any atom is -0.379 e. The van der Waals surface area contributed by atoms with Crippen LogP contribution in [-0.2, 0) is 21.4 Å². The lowest BCUT2D eigenvalue weighted by molar-refractivity contribution is 0.0725. The molecule has 1 fully saturated rings. The van der Waals surface area contributed by atoms with E-state index in [4.69, 9.17) is 4.74 Å². The SMILES string of the molecule is O=S(=O)(NCCc1cnn(-c2ccccc2)c1)N1CCOCC1. The first-order valence-corrected chi connectivity index (χ1v) is 9.01. The Kier molecular flexibility index (Phi) is 5.06. The van der Waals surface area contributed by atoms with Gasteiger partial charge >= 0.3 is 0 Å². The van der Waals surface area contributed by atoms with E-state index >= 15 is 0 Å². The van der Waals surface area contributed by atoms with Gasteiger partial charge in [0.25, 0.3) is 10.2 Å². The Morgan fingerprint density at radius 3 is 2.65 bits per heavy atom. The third-order valence-corrected chi connectivity index (χ3v) is 5.28. The number of aromatic nitrogens is 2. The van der Waals surface area contributed by atoms with Gasteiger partial charge in [-0.25, -0.2) is 9.40 Å². The Morgan fingerprint density at radius 1 is 1.17 bits per heavy atom. The number of nitrogens with zero attached hydrogens (tertiary/aromatic N) is 3. The summed E-state index contributed by atoms with van der Waals surface area (Å²) >= 11 is 0. The number of morpholine rings is 1. The molecule has 0 unspecified atom stereocenters. The van der Waals surface area contributed by atoms with Crippen molar-refractivity contribution in [2.45, 2.75) is 6.42 Å². The molecule has 3 rings (SSSR count). The van der Waals surface area contributed by atoms with Crippen LogP contribution in [0.25, 0.3) is 5.69 Å². The third kappa shape index (κ3) is 4.17. The predicted octanol–water partition coefficient (Wildman–Crippen LogP) is 0.581. The van der Waals surface area contributed by atoms with Crippen LogP contribution < -0.4 is 4.72 Å². The summed E-state index contributed by atoms with van der Waals surface area (Å²) in [5.41, 5.74) is 1.96. The first kappa shape index (κ1) is 16.1. The number of ether oxygens (including phenoxy) is 1. The van der Waals surface area contributed by atoms with Gasteiger partial charge in [-0.05, 0) is 24.1 Å². The summed E-state index contributed by atoms with van der Waals surface area (Å²) in [5, 5.41) is 4.30. The van der Waals surface area contributed by atoms with Gasteiger partial charge in [-0.15, -0.1) is 0 Å². The van der Waals surface area contributed by atoms with Crippen molar-refractivity contribution >= 4 is 10.2 Å². The average molecular weight is 336 g/mol. The van der Waals surface area contributed by atoms with Crippen LogP contribution in [-0.4, -0.2) is 55.4 Å². The highest BCUT2D eigenvalue weighted by atomic mass is 32.2. The molecule has 0 atom stereocenters. The topological polar surface area (TPSA) is 76.5 Å². The second kappa shape index (κ2) is 7.22. The maximum atomic E-state index is 12.1. The Labute approximate surface area is 136 Å². The summed E-state index contributed by atoms with van der Waals surface area (Å²) in [7, 11) is -3.42. The van der Waals surface area contributed by atoms with Crippen LogP contribution >= 0.6 is 0 Å². The smallest absolute Gasteiger partial charge is 0.279 e. The van der Waals surface area contributed by atoms with Crippen LogP contribution in [0, 0.1) is 0 Å². The van der Waals surface area contributed by atoms with E-state index in [1.54, 1.807) is 10.9 Å². The van der Waals surface area contributed by atoms with E-state index in [1.165, 1.54) is 4.31 Å². The molecule has 1 N–H and O–H groups in total. The molecular formula is C15H20N4O3S. The van der Waals surface area contributed by atoms with Gasteiger partial charge in [-0.3, -0.25) is 0 Å². The van der Waals surface area contributed by atoms with Crippen LogP contribution in [0.5, 0.6) is 0 Å². The zero-order valence-corrected chi connectivity index (χ0v) is 13.6. The quantitative estimate of drug-likeness (QED) is 0.837. The van der Waals surface area contributed by atoms with Crippen molar-refractivity contribution in [3.8, 4) is 5.69 Å². The van der Waals surface area contributed by atoms with Crippen LogP contribution in [0.4, 0.5) is 0 Å². The van der Waals surface area contributed by atoms with Crippen molar-refractivity contribution in [2.24, 2.45) is 0 Å². The molecule has 2 heterocycles. The maximum absolute atomic E-state index is 12.1. The van der Waals surface area contributed by atoms with Gasteiger partial charge in [-0.1, -0.05) is 18.2 Å². The lowest BCUT2D eigenvalue weighted by Gasteiger charge is -2.26. The molecule has 0 spiro atoms. The van der Waals surface area contributed by atoms with E-state index in [9.17, 15) is 8.42 Å². The minimum absolute atomic E-state index is 0.347. The largest absolute Gasteiger partial charge is 0.379 e. The number of nitrogens with one attached hydrogen (secondary N) is 1. The Hall–Kier alpha value is -1.74. The molecule has 0 bridgehead atoms. The van der Waals surface area contributed by atoms with Gasteiger partial charge in [0.05, 0.1) is 25.1 Å². The van der Waals surface area contributed by atoms with Crippen molar-refractivity contribution in [2.75, 3.05) is 32.8 Å². The van der Waals surface area contributed by atoms with Crippen molar-refractivity contribution in [3.05, 3.63) is 48.3 Å². The molecule has 8 heteroatoms. The highest BCUT2D eigenvalue weighted by Gasteiger charge is 2.23. The van der Waals surface area contributed by atoms with E-state index < -0.39 is 10.2 Å². The molecule has 1 aromatic heterocycles. The van der Waals surface area contributed by atoms with Crippen LogP contribution in [0.15, 0.2) is 42.7 Å². The standard InChI is InChI=1S/C15H20N4O3S/c20-23(21,18-8-10-22-11-9-18)17-7-6-14-12-16-19(13-14)15-4-2-1-3-5-15/h1-5,12-13,17H,6-11H2. The normalized spacial score (nSPS) is 16.5. The monoisotopic (exact) mass is 336 g/mol. The number of para-hydroxylation sites is 1. The summed E-state index contributed by atoms with van der Waals surface area (Å²) in [6, 6.07) is 9.80. The van der Waals surface area contributed by atoms with E-state index in [-0.39, 0.29) is 0 Å². The van der Waals surface area contributed by atoms with Gasteiger partial charge in [0.2, 0.25) is 0 Å². The maximum Gasteiger partial charge on any atom is 0.279 e. The molecular weight excluding hydrogens is 316 g/mol. The molecule has 2 aromatic rings. The van der Waals surface area contributed by atoms with Gasteiger partial charge in [0.1, 0.15) is 0 Å². The average Bonchev–Trinajstić information content (AvgIpc) is 3.05. The third-order valence-electron chi connectivity index (χ3n) is 3.66. The van der Waals surface area contributed by atoms with E-state index in [0.29, 0.717) is 39.3 Å². The Bertz CT molecular complexity index is 724. The van der Waals surface area contributed by atoms with Gasteiger partial charge < -0.3 is 4.74 Å². The van der Waals surface area contributed by atoms with Crippen LogP contribution in [0.3, 0.4) is 0 Å². The van der Waals surface area contributed by atoms with E-state index in [1.807, 2.05) is 36.5 Å². The second-order valence-electron chi connectivity index (χ2n) is 5.29.